The summed E-state index contributed by atoms with van der Waals surface area (Å²) in [6.07, 6.45) is 8.06. The molecule has 1 atom stereocenters. The number of amidine groups is 1. The number of hydrogen-bond acceptors (Lipinski definition) is 7. The van der Waals surface area contributed by atoms with Crippen LogP contribution < -0.4 is 29.6 Å². The fourth-order valence-corrected chi connectivity index (χ4v) is 3.82. The molecule has 0 spiro atoms. The van der Waals surface area contributed by atoms with E-state index >= 15 is 0 Å². The molecule has 28 heavy (non-hydrogen) atoms. The zero-order valence-corrected chi connectivity index (χ0v) is 19.9. The molecular formula is C18H32N2NaO6S+. The second-order valence-electron chi connectivity index (χ2n) is 6.80. The number of aliphatic hydroxyl groups is 2. The van der Waals surface area contributed by atoms with Crippen molar-refractivity contribution in [2.24, 2.45) is 0 Å². The fourth-order valence-electron chi connectivity index (χ4n) is 3.24. The van der Waals surface area contributed by atoms with Gasteiger partial charge in [0.2, 0.25) is 5.78 Å². The van der Waals surface area contributed by atoms with Gasteiger partial charge in [-0.15, -0.1) is 0 Å². The summed E-state index contributed by atoms with van der Waals surface area (Å²) >= 11 is 0. The van der Waals surface area contributed by atoms with E-state index in [2.05, 4.69) is 6.08 Å². The molecule has 1 unspecified atom stereocenters. The molecule has 0 aliphatic carbocycles. The maximum Gasteiger partial charge on any atom is 1.00 e. The maximum absolute atomic E-state index is 12.7. The van der Waals surface area contributed by atoms with E-state index in [0.717, 1.165) is 32.1 Å². The van der Waals surface area contributed by atoms with Crippen LogP contribution in [-0.4, -0.2) is 88.9 Å². The van der Waals surface area contributed by atoms with E-state index in [1.54, 1.807) is 9.48 Å². The van der Waals surface area contributed by atoms with E-state index < -0.39 is 22.0 Å². The molecule has 1 aliphatic heterocycles. The van der Waals surface area contributed by atoms with Crippen molar-refractivity contribution < 1.29 is 62.1 Å². The Labute approximate surface area is 190 Å². The Morgan fingerprint density at radius 2 is 2.00 bits per heavy atom. The summed E-state index contributed by atoms with van der Waals surface area (Å²) in [4.78, 5) is 14.4. The molecule has 2 N–H and O–H groups in total. The summed E-state index contributed by atoms with van der Waals surface area (Å²) in [7, 11) is -4.53. The first-order valence-corrected chi connectivity index (χ1v) is 11.1. The largest absolute Gasteiger partial charge is 1.00 e. The molecular weight excluding hydrogens is 395 g/mol. The van der Waals surface area contributed by atoms with Crippen LogP contribution in [-0.2, 0) is 14.9 Å². The molecule has 1 rings (SSSR count). The third kappa shape index (κ3) is 11.0. The number of β-amino-alcohol motifs (C(OH)–C–C–N with tert-alkyl or cyclic N) is 2. The average Bonchev–Trinajstić information content (AvgIpc) is 2.94. The van der Waals surface area contributed by atoms with Crippen molar-refractivity contribution in [3.8, 4) is 0 Å². The summed E-state index contributed by atoms with van der Waals surface area (Å²) in [6, 6.07) is 0. The van der Waals surface area contributed by atoms with Crippen molar-refractivity contribution in [2.75, 3.05) is 38.5 Å². The molecule has 0 aromatic heterocycles. The van der Waals surface area contributed by atoms with Crippen molar-refractivity contribution in [1.82, 2.24) is 4.90 Å². The number of Topliss-reactive ketones (excluding diaryl/α,β-unsaturated/α-hetero) is 1. The molecule has 0 aromatic carbocycles. The number of carbonyl (C=O) groups is 1. The molecule has 0 amide bonds. The first kappa shape index (κ1) is 27.7. The number of aliphatic hydroxyl groups excluding tert-OH is 2. The van der Waals surface area contributed by atoms with Gasteiger partial charge >= 0.3 is 35.4 Å². The van der Waals surface area contributed by atoms with Gasteiger partial charge in [-0.25, -0.2) is 8.42 Å². The van der Waals surface area contributed by atoms with Crippen molar-refractivity contribution in [2.45, 2.75) is 51.6 Å². The number of unbranched alkanes of at least 4 members (excludes halogenated alkanes) is 4. The zero-order valence-electron chi connectivity index (χ0n) is 17.0. The standard InChI is InChI=1S/C18H32N2O6S.Na/c1-2-3-4-5-6-7-8-9-17(23)18-19(12-13-21)10-11-20(18)14-16(22)15-27(24,25)26;/h2-3,16,21-22H,4-15H2,1H3;/q;+1/b3-2+;. The van der Waals surface area contributed by atoms with Crippen LogP contribution in [0.5, 0.6) is 0 Å². The predicted octanol–water partition coefficient (Wildman–Crippen LogP) is -2.90. The Morgan fingerprint density at radius 1 is 1.32 bits per heavy atom. The maximum atomic E-state index is 12.7. The second kappa shape index (κ2) is 14.7. The van der Waals surface area contributed by atoms with Gasteiger partial charge in [-0.3, -0.25) is 14.3 Å². The Balaban J connectivity index is 0.00000729. The summed E-state index contributed by atoms with van der Waals surface area (Å²) in [6.45, 7) is 3.06. The molecule has 0 bridgehead atoms. The number of ketones is 1. The minimum absolute atomic E-state index is 0. The van der Waals surface area contributed by atoms with E-state index in [-0.39, 0.29) is 48.5 Å². The van der Waals surface area contributed by atoms with Crippen LogP contribution in [0.3, 0.4) is 0 Å². The summed E-state index contributed by atoms with van der Waals surface area (Å²) < 4.78 is 34.1. The first-order chi connectivity index (χ1) is 12.8. The SMILES string of the molecule is C/C=C/CCCCCCC(=O)C1=[N+](CC(O)CS(=O)(=O)[O-])CCN1CCO.[Na+]. The summed E-state index contributed by atoms with van der Waals surface area (Å²) in [5.74, 6) is -0.552. The van der Waals surface area contributed by atoms with Gasteiger partial charge in [0.25, 0.3) is 0 Å². The number of rotatable bonds is 14. The van der Waals surface area contributed by atoms with Crippen molar-refractivity contribution in [3.63, 3.8) is 0 Å². The zero-order chi connectivity index (χ0) is 20.3. The Kier molecular flexibility index (Phi) is 14.5. The van der Waals surface area contributed by atoms with E-state index in [1.807, 2.05) is 13.0 Å². The van der Waals surface area contributed by atoms with Crippen molar-refractivity contribution in [3.05, 3.63) is 12.2 Å². The Morgan fingerprint density at radius 3 is 2.61 bits per heavy atom. The van der Waals surface area contributed by atoms with Gasteiger partial charge in [-0.1, -0.05) is 25.0 Å². The third-order valence-corrected chi connectivity index (χ3v) is 5.24. The minimum Gasteiger partial charge on any atom is -0.748 e. The summed E-state index contributed by atoms with van der Waals surface area (Å²) in [5.41, 5.74) is 0. The molecule has 0 saturated carbocycles. The van der Waals surface area contributed by atoms with Crippen molar-refractivity contribution in [1.29, 1.82) is 0 Å². The van der Waals surface area contributed by atoms with E-state index in [0.29, 0.717) is 31.9 Å². The molecule has 0 aromatic rings. The van der Waals surface area contributed by atoms with Crippen LogP contribution in [0.2, 0.25) is 0 Å². The molecule has 156 valence electrons. The van der Waals surface area contributed by atoms with Crippen LogP contribution >= 0.6 is 0 Å². The van der Waals surface area contributed by atoms with E-state index in [9.17, 15) is 28.0 Å². The average molecular weight is 428 g/mol. The molecule has 8 nitrogen and oxygen atoms in total. The molecule has 0 radical (unpaired) electrons. The monoisotopic (exact) mass is 427 g/mol. The normalized spacial score (nSPS) is 15.9. The molecule has 1 aliphatic rings. The minimum atomic E-state index is -4.53. The summed E-state index contributed by atoms with van der Waals surface area (Å²) in [5, 5.41) is 19.1. The smallest absolute Gasteiger partial charge is 0.748 e. The van der Waals surface area contributed by atoms with Gasteiger partial charge < -0.3 is 14.8 Å². The third-order valence-electron chi connectivity index (χ3n) is 4.45. The van der Waals surface area contributed by atoms with Crippen LogP contribution in [0.15, 0.2) is 12.2 Å². The fraction of sp³-hybridized carbons (Fsp3) is 0.778. The molecule has 0 saturated heterocycles. The van der Waals surface area contributed by atoms with E-state index in [1.165, 1.54) is 0 Å². The van der Waals surface area contributed by atoms with Crippen LogP contribution in [0.1, 0.15) is 45.4 Å². The topological polar surface area (TPSA) is 121 Å². The van der Waals surface area contributed by atoms with Gasteiger partial charge in [-0.2, -0.15) is 0 Å². The molecule has 0 fully saturated rings. The Hall–Kier alpha value is -0.290. The van der Waals surface area contributed by atoms with Crippen LogP contribution in [0, 0.1) is 0 Å². The first-order valence-electron chi connectivity index (χ1n) is 9.52. The van der Waals surface area contributed by atoms with Crippen molar-refractivity contribution >= 4 is 21.7 Å². The number of allylic oxidation sites excluding steroid dienone is 2. The second-order valence-corrected chi connectivity index (χ2v) is 8.25. The van der Waals surface area contributed by atoms with Gasteiger partial charge in [-0.05, 0) is 26.2 Å². The number of hydrogen-bond donors (Lipinski definition) is 2. The quantitative estimate of drug-likeness (QED) is 0.100. The predicted molar refractivity (Wildman–Crippen MR) is 102 cm³/mol. The molecule has 1 heterocycles. The number of carbonyl (C=O) groups excluding carboxylic acids is 1. The molecule has 10 heteroatoms. The van der Waals surface area contributed by atoms with Gasteiger partial charge in [0, 0.05) is 6.42 Å². The van der Waals surface area contributed by atoms with Crippen LogP contribution in [0.25, 0.3) is 0 Å². The Bertz CT molecular complexity index is 636. The van der Waals surface area contributed by atoms with Gasteiger partial charge in [0.1, 0.15) is 32.3 Å². The van der Waals surface area contributed by atoms with Gasteiger partial charge in [0.05, 0.1) is 22.5 Å². The van der Waals surface area contributed by atoms with E-state index in [4.69, 9.17) is 0 Å². The van der Waals surface area contributed by atoms with Gasteiger partial charge in [0.15, 0.2) is 0 Å². The number of nitrogens with zero attached hydrogens (tertiary/aromatic N) is 2. The van der Waals surface area contributed by atoms with Crippen LogP contribution in [0.4, 0.5) is 0 Å².